The molecule has 4 rings (SSSR count). The van der Waals surface area contributed by atoms with Crippen molar-refractivity contribution in [1.29, 1.82) is 0 Å². The molecule has 1 spiro atoms. The summed E-state index contributed by atoms with van der Waals surface area (Å²) in [6.45, 7) is 2.92. The van der Waals surface area contributed by atoms with Gasteiger partial charge in [-0.3, -0.25) is 9.59 Å². The Balaban J connectivity index is 1.86. The van der Waals surface area contributed by atoms with E-state index in [1.165, 1.54) is 0 Å². The van der Waals surface area contributed by atoms with E-state index < -0.39 is 35.2 Å². The number of nitrogens with zero attached hydrogens (tertiary/aromatic N) is 1. The van der Waals surface area contributed by atoms with Crippen LogP contribution in [0.25, 0.3) is 0 Å². The highest BCUT2D eigenvalue weighted by molar-refractivity contribution is 5.91. The van der Waals surface area contributed by atoms with Gasteiger partial charge in [-0.25, -0.2) is 0 Å². The molecular weight excluding hydrogens is 250 g/mol. The smallest absolute Gasteiger partial charge is 0.310 e. The van der Waals surface area contributed by atoms with Gasteiger partial charge in [-0.1, -0.05) is 6.08 Å². The minimum absolute atomic E-state index is 0.148. The number of aliphatic carboxylic acids is 1. The molecule has 0 aromatic rings. The Morgan fingerprint density at radius 3 is 3.05 bits per heavy atom. The van der Waals surface area contributed by atoms with E-state index in [1.54, 1.807) is 17.9 Å². The van der Waals surface area contributed by atoms with Crippen LogP contribution in [0.15, 0.2) is 12.2 Å². The lowest BCUT2D eigenvalue weighted by molar-refractivity contribution is -0.179. The first-order valence-corrected chi connectivity index (χ1v) is 6.55. The molecule has 4 aliphatic rings. The zero-order valence-corrected chi connectivity index (χ0v) is 10.5. The van der Waals surface area contributed by atoms with Crippen molar-refractivity contribution in [3.05, 3.63) is 12.2 Å². The summed E-state index contributed by atoms with van der Waals surface area (Å²) in [6, 6.07) is 0. The first kappa shape index (κ1) is 11.4. The topological polar surface area (TPSA) is 76.1 Å². The summed E-state index contributed by atoms with van der Waals surface area (Å²) in [7, 11) is 0. The minimum atomic E-state index is -0.980. The average molecular weight is 265 g/mol. The summed E-state index contributed by atoms with van der Waals surface area (Å²) in [5.74, 6) is -2.63. The van der Waals surface area contributed by atoms with E-state index in [0.717, 1.165) is 6.42 Å². The molecule has 0 unspecified atom stereocenters. The van der Waals surface area contributed by atoms with Gasteiger partial charge in [0.05, 0.1) is 18.1 Å². The van der Waals surface area contributed by atoms with Crippen LogP contribution in [0.5, 0.6) is 0 Å². The van der Waals surface area contributed by atoms with E-state index >= 15 is 0 Å². The number of carbonyl (C=O) groups excluding carboxylic acids is 1. The Morgan fingerprint density at radius 1 is 1.53 bits per heavy atom. The van der Waals surface area contributed by atoms with Gasteiger partial charge in [-0.2, -0.15) is 0 Å². The monoisotopic (exact) mass is 265 g/mol. The predicted octanol–water partition coefficient (Wildman–Crippen LogP) is -0.0105. The summed E-state index contributed by atoms with van der Waals surface area (Å²) in [5, 5.41) is 9.47. The molecule has 1 amide bonds. The van der Waals surface area contributed by atoms with Gasteiger partial charge in [0.1, 0.15) is 11.5 Å². The maximum atomic E-state index is 12.5. The molecule has 4 aliphatic heterocycles. The number of carbonyl (C=O) groups is 2. The van der Waals surface area contributed by atoms with Gasteiger partial charge in [-0.05, 0) is 19.4 Å². The van der Waals surface area contributed by atoms with Crippen LogP contribution in [0.4, 0.5) is 0 Å². The third-order valence-electron chi connectivity index (χ3n) is 4.81. The quantitative estimate of drug-likeness (QED) is 0.675. The molecule has 3 saturated heterocycles. The second kappa shape index (κ2) is 3.19. The highest BCUT2D eigenvalue weighted by Gasteiger charge is 2.75. The highest BCUT2D eigenvalue weighted by atomic mass is 16.6. The fourth-order valence-electron chi connectivity index (χ4n) is 4.10. The number of carboxylic acid groups (broad SMARTS) is 1. The van der Waals surface area contributed by atoms with Crippen LogP contribution in [0.2, 0.25) is 0 Å². The van der Waals surface area contributed by atoms with Crippen LogP contribution in [-0.2, 0) is 19.1 Å². The van der Waals surface area contributed by atoms with Crippen LogP contribution in [0.1, 0.15) is 13.3 Å². The molecule has 6 nitrogen and oxygen atoms in total. The Morgan fingerprint density at radius 2 is 2.32 bits per heavy atom. The number of rotatable bonds is 1. The van der Waals surface area contributed by atoms with Crippen molar-refractivity contribution in [3.63, 3.8) is 0 Å². The van der Waals surface area contributed by atoms with Gasteiger partial charge in [0.2, 0.25) is 5.91 Å². The molecule has 0 saturated carbocycles. The molecule has 5 atom stereocenters. The van der Waals surface area contributed by atoms with Crippen molar-refractivity contribution in [2.75, 3.05) is 13.2 Å². The number of hydrogen-bond donors (Lipinski definition) is 1. The van der Waals surface area contributed by atoms with E-state index in [9.17, 15) is 14.7 Å². The molecule has 4 heterocycles. The van der Waals surface area contributed by atoms with Gasteiger partial charge in [0, 0.05) is 6.54 Å². The zero-order chi connectivity index (χ0) is 13.4. The third-order valence-corrected chi connectivity index (χ3v) is 4.81. The molecule has 6 heteroatoms. The Labute approximate surface area is 110 Å². The van der Waals surface area contributed by atoms with Crippen LogP contribution in [-0.4, -0.2) is 52.5 Å². The van der Waals surface area contributed by atoms with Crippen LogP contribution in [0.3, 0.4) is 0 Å². The van der Waals surface area contributed by atoms with Gasteiger partial charge in [-0.15, -0.1) is 0 Å². The fourth-order valence-corrected chi connectivity index (χ4v) is 4.10. The van der Waals surface area contributed by atoms with Crippen molar-refractivity contribution in [3.8, 4) is 0 Å². The maximum Gasteiger partial charge on any atom is 0.310 e. The number of fused-ring (bicyclic) bond motifs is 2. The first-order valence-electron chi connectivity index (χ1n) is 6.55. The van der Waals surface area contributed by atoms with Crippen molar-refractivity contribution >= 4 is 11.9 Å². The van der Waals surface area contributed by atoms with Crippen LogP contribution >= 0.6 is 0 Å². The first-order chi connectivity index (χ1) is 9.00. The van der Waals surface area contributed by atoms with E-state index in [1.807, 2.05) is 6.08 Å². The lowest BCUT2D eigenvalue weighted by Crippen LogP contribution is -2.50. The van der Waals surface area contributed by atoms with Crippen LogP contribution < -0.4 is 0 Å². The zero-order valence-electron chi connectivity index (χ0n) is 10.5. The van der Waals surface area contributed by atoms with E-state index in [-0.39, 0.29) is 5.91 Å². The normalized spacial score (nSPS) is 50.5. The Kier molecular flexibility index (Phi) is 1.92. The largest absolute Gasteiger partial charge is 0.481 e. The molecule has 0 aliphatic carbocycles. The van der Waals surface area contributed by atoms with Crippen molar-refractivity contribution in [2.45, 2.75) is 30.8 Å². The second-order valence-corrected chi connectivity index (χ2v) is 5.87. The van der Waals surface area contributed by atoms with E-state index in [4.69, 9.17) is 9.47 Å². The average Bonchev–Trinajstić information content (AvgIpc) is 2.94. The van der Waals surface area contributed by atoms with Crippen molar-refractivity contribution in [2.24, 2.45) is 11.8 Å². The van der Waals surface area contributed by atoms with Gasteiger partial charge in [0.15, 0.2) is 6.23 Å². The number of amides is 1. The van der Waals surface area contributed by atoms with Crippen molar-refractivity contribution in [1.82, 2.24) is 4.90 Å². The lowest BCUT2D eigenvalue weighted by atomic mass is 9.72. The minimum Gasteiger partial charge on any atom is -0.481 e. The number of hydrogen-bond acceptors (Lipinski definition) is 4. The molecule has 1 N–H and O–H groups in total. The second-order valence-electron chi connectivity index (χ2n) is 5.87. The molecule has 19 heavy (non-hydrogen) atoms. The molecule has 0 aromatic carbocycles. The van der Waals surface area contributed by atoms with E-state index in [0.29, 0.717) is 13.2 Å². The standard InChI is InChI=1S/C13H15NO5/c1-12-3-4-13(19-12)7(8(12)10(16)17)9(15)14-5-2-6-18-11(13)14/h3-4,7-8,11H,2,5-6H2,1H3,(H,16,17)/t7-,8+,11-,12+,13-/m1/s1. The molecule has 3 fully saturated rings. The SMILES string of the molecule is C[C@@]12C=C[C@@]3(O1)[C@@H](C(=O)N1CCCO[C@@H]13)[C@H]2C(=O)O. The number of ether oxygens (including phenoxy) is 2. The highest BCUT2D eigenvalue weighted by Crippen LogP contribution is 2.60. The molecule has 0 radical (unpaired) electrons. The summed E-state index contributed by atoms with van der Waals surface area (Å²) in [5.41, 5.74) is -1.81. The summed E-state index contributed by atoms with van der Waals surface area (Å²) < 4.78 is 11.7. The summed E-state index contributed by atoms with van der Waals surface area (Å²) in [4.78, 5) is 25.7. The Hall–Kier alpha value is -1.40. The summed E-state index contributed by atoms with van der Waals surface area (Å²) in [6.07, 6.45) is 3.92. The third kappa shape index (κ3) is 1.10. The fraction of sp³-hybridized carbons (Fsp3) is 0.692. The van der Waals surface area contributed by atoms with Gasteiger partial charge in [0.25, 0.3) is 0 Å². The Bertz CT molecular complexity index is 517. The van der Waals surface area contributed by atoms with Crippen molar-refractivity contribution < 1.29 is 24.2 Å². The number of carboxylic acids is 1. The predicted molar refractivity (Wildman–Crippen MR) is 62.0 cm³/mol. The van der Waals surface area contributed by atoms with Gasteiger partial charge < -0.3 is 19.5 Å². The molecular formula is C13H15NO5. The summed E-state index contributed by atoms with van der Waals surface area (Å²) >= 11 is 0. The lowest BCUT2D eigenvalue weighted by Gasteiger charge is -2.36. The molecule has 2 bridgehead atoms. The van der Waals surface area contributed by atoms with E-state index in [2.05, 4.69) is 0 Å². The molecule has 102 valence electrons. The van der Waals surface area contributed by atoms with Gasteiger partial charge >= 0.3 is 5.97 Å². The van der Waals surface area contributed by atoms with Crippen LogP contribution in [0, 0.1) is 11.8 Å². The maximum absolute atomic E-state index is 12.5. The molecule has 0 aromatic heterocycles.